The maximum absolute atomic E-state index is 11.0. The lowest BCUT2D eigenvalue weighted by Crippen LogP contribution is -1.99. The topological polar surface area (TPSA) is 79.2 Å². The van der Waals surface area contributed by atoms with Crippen LogP contribution >= 0.6 is 0 Å². The van der Waals surface area contributed by atoms with Crippen molar-refractivity contribution >= 4 is 0 Å². The van der Waals surface area contributed by atoms with Gasteiger partial charge in [0.05, 0.1) is 14.2 Å². The van der Waals surface area contributed by atoms with Crippen LogP contribution in [0.15, 0.2) is 36.4 Å². The molecule has 0 atom stereocenters. The van der Waals surface area contributed by atoms with Gasteiger partial charge in [-0.2, -0.15) is 0 Å². The maximum Gasteiger partial charge on any atom is 0.161 e. The number of ether oxygens (including phenoxy) is 2. The average Bonchev–Trinajstić information content (AvgIpc) is 2.70. The molecule has 0 aliphatic carbocycles. The molecule has 0 fully saturated rings. The van der Waals surface area contributed by atoms with E-state index in [1.807, 2.05) is 45.0 Å². The molecule has 3 rings (SSSR count). The molecule has 0 aliphatic heterocycles. The molecule has 0 saturated carbocycles. The summed E-state index contributed by atoms with van der Waals surface area (Å²) in [6, 6.07) is 11.1. The largest absolute Gasteiger partial charge is 0.507 e. The third kappa shape index (κ3) is 4.30. The molecule has 0 amide bonds. The number of aryl methyl sites for hydroxylation is 3. The van der Waals surface area contributed by atoms with Gasteiger partial charge in [0, 0.05) is 24.0 Å². The van der Waals surface area contributed by atoms with E-state index in [0.29, 0.717) is 46.6 Å². The minimum Gasteiger partial charge on any atom is -0.507 e. The Bertz CT molecular complexity index is 1000. The Morgan fingerprint density at radius 1 is 0.533 bits per heavy atom. The van der Waals surface area contributed by atoms with E-state index < -0.39 is 0 Å². The number of phenolic OH excluding ortho intramolecular Hbond substituents is 3. The van der Waals surface area contributed by atoms with Crippen LogP contribution in [0.4, 0.5) is 0 Å². The fourth-order valence-electron chi connectivity index (χ4n) is 3.83. The second-order valence-corrected chi connectivity index (χ2v) is 7.74. The summed E-state index contributed by atoms with van der Waals surface area (Å²) in [5, 5.41) is 32.0. The zero-order valence-electron chi connectivity index (χ0n) is 18.0. The third-order valence-electron chi connectivity index (χ3n) is 5.21. The Balaban J connectivity index is 2.02. The molecular formula is C25H28O5. The molecule has 3 N–H and O–H groups in total. The fourth-order valence-corrected chi connectivity index (χ4v) is 3.83. The Hall–Kier alpha value is -3.34. The van der Waals surface area contributed by atoms with E-state index in [2.05, 4.69) is 0 Å². The van der Waals surface area contributed by atoms with E-state index in [-0.39, 0.29) is 17.2 Å². The van der Waals surface area contributed by atoms with E-state index in [9.17, 15) is 15.3 Å². The van der Waals surface area contributed by atoms with Gasteiger partial charge in [-0.05, 0) is 55.2 Å². The van der Waals surface area contributed by atoms with Crippen LogP contribution in [0.5, 0.6) is 28.7 Å². The van der Waals surface area contributed by atoms with Gasteiger partial charge in [-0.1, -0.05) is 29.8 Å². The first-order valence-electron chi connectivity index (χ1n) is 9.77. The summed E-state index contributed by atoms with van der Waals surface area (Å²) >= 11 is 0. The summed E-state index contributed by atoms with van der Waals surface area (Å²) in [6.07, 6.45) is 0.709. The van der Waals surface area contributed by atoms with E-state index in [0.717, 1.165) is 16.7 Å². The molecule has 5 heteroatoms. The quantitative estimate of drug-likeness (QED) is 0.539. The normalized spacial score (nSPS) is 10.8. The van der Waals surface area contributed by atoms with Crippen molar-refractivity contribution in [1.82, 2.24) is 0 Å². The van der Waals surface area contributed by atoms with Crippen molar-refractivity contribution in [1.29, 1.82) is 0 Å². The first kappa shape index (κ1) is 21.4. The zero-order valence-corrected chi connectivity index (χ0v) is 18.0. The summed E-state index contributed by atoms with van der Waals surface area (Å²) < 4.78 is 10.5. The number of phenols is 3. The first-order chi connectivity index (χ1) is 14.2. The van der Waals surface area contributed by atoms with Gasteiger partial charge in [0.15, 0.2) is 23.0 Å². The molecule has 3 aromatic rings. The molecule has 0 heterocycles. The summed E-state index contributed by atoms with van der Waals surface area (Å²) in [6.45, 7) is 5.82. The summed E-state index contributed by atoms with van der Waals surface area (Å²) in [5.74, 6) is 1.13. The monoisotopic (exact) mass is 408 g/mol. The van der Waals surface area contributed by atoms with Crippen LogP contribution in [-0.2, 0) is 12.8 Å². The minimum absolute atomic E-state index is 0.0756. The number of benzene rings is 3. The van der Waals surface area contributed by atoms with Gasteiger partial charge < -0.3 is 24.8 Å². The minimum atomic E-state index is 0.0756. The van der Waals surface area contributed by atoms with Crippen molar-refractivity contribution in [2.24, 2.45) is 0 Å². The number of methoxy groups -OCH3 is 2. The molecule has 158 valence electrons. The molecule has 0 unspecified atom stereocenters. The number of hydrogen-bond donors (Lipinski definition) is 3. The third-order valence-corrected chi connectivity index (χ3v) is 5.21. The zero-order chi connectivity index (χ0) is 22.0. The van der Waals surface area contributed by atoms with E-state index in [4.69, 9.17) is 9.47 Å². The lowest BCUT2D eigenvalue weighted by atomic mass is 9.93. The lowest BCUT2D eigenvalue weighted by Gasteiger charge is -2.16. The van der Waals surface area contributed by atoms with E-state index in [1.165, 1.54) is 14.2 Å². The van der Waals surface area contributed by atoms with Crippen molar-refractivity contribution in [2.75, 3.05) is 14.2 Å². The van der Waals surface area contributed by atoms with Crippen LogP contribution in [0.3, 0.4) is 0 Å². The summed E-state index contributed by atoms with van der Waals surface area (Å²) in [5.41, 5.74) is 5.67. The molecule has 0 saturated heterocycles. The van der Waals surface area contributed by atoms with Crippen LogP contribution in [0.2, 0.25) is 0 Å². The van der Waals surface area contributed by atoms with Crippen molar-refractivity contribution in [3.63, 3.8) is 0 Å². The van der Waals surface area contributed by atoms with Gasteiger partial charge in [0.25, 0.3) is 0 Å². The number of rotatable bonds is 6. The second kappa shape index (κ2) is 8.57. The molecule has 0 bridgehead atoms. The van der Waals surface area contributed by atoms with Crippen molar-refractivity contribution in [3.8, 4) is 28.7 Å². The predicted molar refractivity (Wildman–Crippen MR) is 117 cm³/mol. The van der Waals surface area contributed by atoms with Gasteiger partial charge in [-0.3, -0.25) is 0 Å². The molecule has 0 radical (unpaired) electrons. The predicted octanol–water partition coefficient (Wildman–Crippen LogP) is 4.93. The summed E-state index contributed by atoms with van der Waals surface area (Å²) in [7, 11) is 3.03. The molecular weight excluding hydrogens is 380 g/mol. The highest BCUT2D eigenvalue weighted by Crippen LogP contribution is 2.38. The fraction of sp³-hybridized carbons (Fsp3) is 0.280. The Morgan fingerprint density at radius 2 is 0.833 bits per heavy atom. The van der Waals surface area contributed by atoms with Gasteiger partial charge in [0.2, 0.25) is 0 Å². The summed E-state index contributed by atoms with van der Waals surface area (Å²) in [4.78, 5) is 0. The van der Waals surface area contributed by atoms with Gasteiger partial charge in [-0.15, -0.1) is 0 Å². The second-order valence-electron chi connectivity index (χ2n) is 7.74. The van der Waals surface area contributed by atoms with Gasteiger partial charge in [0.1, 0.15) is 5.75 Å². The van der Waals surface area contributed by atoms with Crippen molar-refractivity contribution in [2.45, 2.75) is 33.6 Å². The number of hydrogen-bond acceptors (Lipinski definition) is 5. The Kier molecular flexibility index (Phi) is 6.11. The highest BCUT2D eigenvalue weighted by molar-refractivity contribution is 5.55. The highest BCUT2D eigenvalue weighted by Gasteiger charge is 2.17. The molecule has 0 aromatic heterocycles. The molecule has 5 nitrogen and oxygen atoms in total. The standard InChI is InChI=1S/C25H28O5/c1-14-6-17(12-19-8-15(2)10-21(29-4)24(19)27)23(26)18(7-14)13-20-9-16(3)11-22(30-5)25(20)28/h6-11,26-28H,12-13H2,1-5H3. The smallest absolute Gasteiger partial charge is 0.161 e. The van der Waals surface area contributed by atoms with Crippen LogP contribution in [-0.4, -0.2) is 29.5 Å². The lowest BCUT2D eigenvalue weighted by molar-refractivity contribution is 0.370. The molecule has 0 aliphatic rings. The van der Waals surface area contributed by atoms with Gasteiger partial charge in [-0.25, -0.2) is 0 Å². The molecule has 3 aromatic carbocycles. The maximum atomic E-state index is 11.0. The molecule has 0 spiro atoms. The van der Waals surface area contributed by atoms with Crippen molar-refractivity contribution < 1.29 is 24.8 Å². The molecule has 30 heavy (non-hydrogen) atoms. The van der Waals surface area contributed by atoms with Gasteiger partial charge >= 0.3 is 0 Å². The van der Waals surface area contributed by atoms with Crippen molar-refractivity contribution in [3.05, 3.63) is 75.3 Å². The van der Waals surface area contributed by atoms with Crippen LogP contribution in [0.25, 0.3) is 0 Å². The van der Waals surface area contributed by atoms with Crippen LogP contribution in [0, 0.1) is 20.8 Å². The highest BCUT2D eigenvalue weighted by atomic mass is 16.5. The SMILES string of the molecule is COc1cc(C)cc(Cc2cc(C)cc(Cc3cc(C)cc(OC)c3O)c2O)c1O. The Morgan fingerprint density at radius 3 is 1.17 bits per heavy atom. The Labute approximate surface area is 177 Å². The van der Waals surface area contributed by atoms with Crippen LogP contribution < -0.4 is 9.47 Å². The van der Waals surface area contributed by atoms with E-state index in [1.54, 1.807) is 12.1 Å². The van der Waals surface area contributed by atoms with Crippen LogP contribution in [0.1, 0.15) is 38.9 Å². The number of aromatic hydroxyl groups is 3. The van der Waals surface area contributed by atoms with E-state index >= 15 is 0 Å². The average molecular weight is 408 g/mol. The first-order valence-corrected chi connectivity index (χ1v) is 9.77.